The maximum atomic E-state index is 10.8. The molecule has 100 valence electrons. The lowest BCUT2D eigenvalue weighted by Crippen LogP contribution is -2.66. The molecule has 1 aliphatic rings. The minimum absolute atomic E-state index is 0.549. The predicted molar refractivity (Wildman–Crippen MR) is 55.7 cm³/mol. The maximum Gasteiger partial charge on any atom is 0.364 e. The second-order valence-corrected chi connectivity index (χ2v) is 4.34. The highest BCUT2D eigenvalue weighted by Crippen LogP contribution is 2.28. The van der Waals surface area contributed by atoms with Gasteiger partial charge in [-0.05, 0) is 6.92 Å². The summed E-state index contributed by atoms with van der Waals surface area (Å²) in [4.78, 5) is 10.8. The molecule has 0 saturated carbocycles. The monoisotopic (exact) mass is 250 g/mol. The van der Waals surface area contributed by atoms with Gasteiger partial charge in [0.2, 0.25) is 0 Å². The van der Waals surface area contributed by atoms with E-state index in [4.69, 9.17) is 21.3 Å². The number of carbonyl (C=O) groups is 1. The Morgan fingerprint density at radius 1 is 1.59 bits per heavy atom. The molecule has 0 aromatic carbocycles. The summed E-state index contributed by atoms with van der Waals surface area (Å²) in [7, 11) is 0. The molecule has 8 N–H and O–H groups in total. The number of hydrogen-bond donors (Lipinski definition) is 6. The van der Waals surface area contributed by atoms with Crippen LogP contribution in [0.5, 0.6) is 0 Å². The molecule has 0 bridgehead atoms. The summed E-state index contributed by atoms with van der Waals surface area (Å²) in [6.45, 7) is 1.38. The molecule has 0 aliphatic carbocycles. The van der Waals surface area contributed by atoms with E-state index >= 15 is 0 Å². The van der Waals surface area contributed by atoms with E-state index in [-0.39, 0.29) is 0 Å². The standard InChI is InChI=1S/C9H18N2O6/c1-3(12)5(10)7-6(11)4(13)2-9(16,17-7)8(14)15/h3-7,12-13,16H,2,10-11H2,1H3,(H,14,15)/t3?,4-,5?,6+,7-,9?/m0/s1. The van der Waals surface area contributed by atoms with Gasteiger partial charge in [-0.1, -0.05) is 0 Å². The summed E-state index contributed by atoms with van der Waals surface area (Å²) in [6.07, 6.45) is -4.00. The van der Waals surface area contributed by atoms with Crippen LogP contribution in [0.1, 0.15) is 13.3 Å². The Hall–Kier alpha value is -0.770. The van der Waals surface area contributed by atoms with Crippen LogP contribution in [0.15, 0.2) is 0 Å². The highest BCUT2D eigenvalue weighted by atomic mass is 16.7. The molecule has 1 saturated heterocycles. The zero-order valence-corrected chi connectivity index (χ0v) is 9.35. The Morgan fingerprint density at radius 2 is 2.12 bits per heavy atom. The fraction of sp³-hybridized carbons (Fsp3) is 0.889. The first-order valence-corrected chi connectivity index (χ1v) is 5.20. The second kappa shape index (κ2) is 4.84. The Bertz CT molecular complexity index is 295. The van der Waals surface area contributed by atoms with E-state index in [1.54, 1.807) is 0 Å². The predicted octanol–water partition coefficient (Wildman–Crippen LogP) is -3.06. The van der Waals surface area contributed by atoms with Crippen molar-refractivity contribution in [2.75, 3.05) is 0 Å². The Morgan fingerprint density at radius 3 is 2.53 bits per heavy atom. The lowest BCUT2D eigenvalue weighted by atomic mass is 9.89. The average Bonchev–Trinajstić information content (AvgIpc) is 2.22. The number of rotatable bonds is 3. The van der Waals surface area contributed by atoms with Gasteiger partial charge >= 0.3 is 5.97 Å². The molecule has 6 atom stereocenters. The Kier molecular flexibility index (Phi) is 4.07. The van der Waals surface area contributed by atoms with Crippen LogP contribution >= 0.6 is 0 Å². The molecule has 1 aliphatic heterocycles. The molecule has 0 spiro atoms. The van der Waals surface area contributed by atoms with Crippen LogP contribution in [0, 0.1) is 0 Å². The Labute approximate surface area is 97.8 Å². The first-order chi connectivity index (χ1) is 7.69. The molecule has 0 amide bonds. The molecule has 17 heavy (non-hydrogen) atoms. The van der Waals surface area contributed by atoms with E-state index in [1.165, 1.54) is 6.92 Å². The largest absolute Gasteiger partial charge is 0.477 e. The third kappa shape index (κ3) is 2.73. The molecule has 3 unspecified atom stereocenters. The van der Waals surface area contributed by atoms with Gasteiger partial charge < -0.3 is 36.6 Å². The molecular weight excluding hydrogens is 232 g/mol. The molecule has 8 nitrogen and oxygen atoms in total. The van der Waals surface area contributed by atoms with Gasteiger partial charge in [0.05, 0.1) is 30.4 Å². The lowest BCUT2D eigenvalue weighted by Gasteiger charge is -2.43. The van der Waals surface area contributed by atoms with Gasteiger partial charge in [0.1, 0.15) is 0 Å². The van der Waals surface area contributed by atoms with E-state index in [1.807, 2.05) is 0 Å². The van der Waals surface area contributed by atoms with E-state index in [0.29, 0.717) is 0 Å². The molecular formula is C9H18N2O6. The van der Waals surface area contributed by atoms with Gasteiger partial charge in [-0.3, -0.25) is 0 Å². The number of aliphatic hydroxyl groups excluding tert-OH is 2. The molecule has 1 rings (SSSR count). The van der Waals surface area contributed by atoms with Crippen LogP contribution in [-0.2, 0) is 9.53 Å². The van der Waals surface area contributed by atoms with Gasteiger partial charge in [-0.15, -0.1) is 0 Å². The quantitative estimate of drug-likeness (QED) is 0.308. The van der Waals surface area contributed by atoms with Crippen molar-refractivity contribution in [3.05, 3.63) is 0 Å². The van der Waals surface area contributed by atoms with Gasteiger partial charge in [0, 0.05) is 6.42 Å². The first kappa shape index (κ1) is 14.3. The van der Waals surface area contributed by atoms with Crippen LogP contribution in [0.4, 0.5) is 0 Å². The minimum Gasteiger partial charge on any atom is -0.477 e. The van der Waals surface area contributed by atoms with Crippen molar-refractivity contribution in [3.63, 3.8) is 0 Å². The van der Waals surface area contributed by atoms with Crippen LogP contribution in [0.25, 0.3) is 0 Å². The summed E-state index contributed by atoms with van der Waals surface area (Å²) in [5, 5.41) is 37.4. The summed E-state index contributed by atoms with van der Waals surface area (Å²) < 4.78 is 4.93. The summed E-state index contributed by atoms with van der Waals surface area (Å²) in [5.41, 5.74) is 11.2. The van der Waals surface area contributed by atoms with Crippen LogP contribution in [-0.4, -0.2) is 62.6 Å². The minimum atomic E-state index is -2.54. The van der Waals surface area contributed by atoms with Crippen molar-refractivity contribution in [1.29, 1.82) is 0 Å². The number of aliphatic carboxylic acids is 1. The number of aliphatic hydroxyl groups is 3. The average molecular weight is 250 g/mol. The van der Waals surface area contributed by atoms with Gasteiger partial charge in [0.25, 0.3) is 5.79 Å². The number of nitrogens with two attached hydrogens (primary N) is 2. The summed E-state index contributed by atoms with van der Waals surface area (Å²) in [5.74, 6) is -4.17. The zero-order chi connectivity index (χ0) is 13.4. The van der Waals surface area contributed by atoms with Crippen molar-refractivity contribution in [3.8, 4) is 0 Å². The molecule has 1 fully saturated rings. The molecule has 8 heteroatoms. The molecule has 0 aromatic heterocycles. The molecule has 0 radical (unpaired) electrons. The number of hydrogen-bond acceptors (Lipinski definition) is 7. The summed E-state index contributed by atoms with van der Waals surface area (Å²) >= 11 is 0. The van der Waals surface area contributed by atoms with Gasteiger partial charge in [0.15, 0.2) is 0 Å². The van der Waals surface area contributed by atoms with E-state index in [0.717, 1.165) is 0 Å². The normalized spacial score (nSPS) is 41.9. The van der Waals surface area contributed by atoms with Crippen molar-refractivity contribution >= 4 is 5.97 Å². The van der Waals surface area contributed by atoms with Crippen LogP contribution in [0.2, 0.25) is 0 Å². The SMILES string of the molecule is CC(O)C(N)[C@@H]1OC(O)(C(=O)O)C[C@H](O)[C@H]1N. The van der Waals surface area contributed by atoms with E-state index in [2.05, 4.69) is 0 Å². The van der Waals surface area contributed by atoms with Crippen molar-refractivity contribution in [1.82, 2.24) is 0 Å². The van der Waals surface area contributed by atoms with E-state index in [9.17, 15) is 20.1 Å². The highest BCUT2D eigenvalue weighted by molar-refractivity contribution is 5.75. The van der Waals surface area contributed by atoms with Crippen LogP contribution in [0.3, 0.4) is 0 Å². The third-order valence-corrected chi connectivity index (χ3v) is 2.91. The zero-order valence-electron chi connectivity index (χ0n) is 9.35. The molecule has 0 aromatic rings. The molecule has 1 heterocycles. The fourth-order valence-electron chi connectivity index (χ4n) is 1.74. The van der Waals surface area contributed by atoms with Crippen LogP contribution < -0.4 is 11.5 Å². The lowest BCUT2D eigenvalue weighted by molar-refractivity contribution is -0.279. The van der Waals surface area contributed by atoms with Gasteiger partial charge in [-0.25, -0.2) is 4.79 Å². The van der Waals surface area contributed by atoms with E-state index < -0.39 is 48.6 Å². The first-order valence-electron chi connectivity index (χ1n) is 5.20. The Balaban J connectivity index is 2.93. The number of ether oxygens (including phenoxy) is 1. The topological polar surface area (TPSA) is 159 Å². The van der Waals surface area contributed by atoms with Crippen molar-refractivity contribution < 1.29 is 30.0 Å². The summed E-state index contributed by atoms with van der Waals surface area (Å²) in [6, 6.07) is -1.98. The fourth-order valence-corrected chi connectivity index (χ4v) is 1.74. The number of carboxylic acids is 1. The second-order valence-electron chi connectivity index (χ2n) is 4.34. The maximum absolute atomic E-state index is 10.8. The van der Waals surface area contributed by atoms with Crippen molar-refractivity contribution in [2.45, 2.75) is 49.5 Å². The number of carboxylic acid groups (broad SMARTS) is 1. The van der Waals surface area contributed by atoms with Gasteiger partial charge in [-0.2, -0.15) is 0 Å². The third-order valence-electron chi connectivity index (χ3n) is 2.91. The smallest absolute Gasteiger partial charge is 0.364 e. The highest BCUT2D eigenvalue weighted by Gasteiger charge is 2.51. The van der Waals surface area contributed by atoms with Crippen molar-refractivity contribution in [2.24, 2.45) is 11.5 Å².